The van der Waals surface area contributed by atoms with Crippen molar-refractivity contribution in [3.63, 3.8) is 0 Å². The Morgan fingerprint density at radius 3 is 2.67 bits per heavy atom. The molecule has 0 heterocycles. The number of carbonyl (C=O) groups is 1. The maximum atomic E-state index is 12.7. The summed E-state index contributed by atoms with van der Waals surface area (Å²) in [5.74, 6) is 0.762. The molecule has 3 heteroatoms. The highest BCUT2D eigenvalue weighted by Gasteiger charge is 2.31. The molecule has 2 atom stereocenters. The molecule has 2 N–H and O–H groups in total. The molecule has 0 radical (unpaired) electrons. The van der Waals surface area contributed by atoms with Crippen LogP contribution in [-0.2, 0) is 11.3 Å². The Hall–Kier alpha value is -1.35. The van der Waals surface area contributed by atoms with Gasteiger partial charge in [0.15, 0.2) is 0 Å². The number of hydrogen-bond acceptors (Lipinski definition) is 2. The number of rotatable bonds is 4. The van der Waals surface area contributed by atoms with E-state index in [0.717, 1.165) is 19.3 Å². The fraction of sp³-hybridized carbons (Fsp3) is 0.611. The van der Waals surface area contributed by atoms with E-state index in [0.29, 0.717) is 19.0 Å². The quantitative estimate of drug-likeness (QED) is 0.925. The molecule has 1 saturated carbocycles. The maximum Gasteiger partial charge on any atom is 0.226 e. The van der Waals surface area contributed by atoms with Crippen LogP contribution in [0.2, 0.25) is 0 Å². The monoisotopic (exact) mass is 288 g/mol. The van der Waals surface area contributed by atoms with E-state index < -0.39 is 0 Å². The van der Waals surface area contributed by atoms with Crippen molar-refractivity contribution in [1.29, 1.82) is 0 Å². The third kappa shape index (κ3) is 3.85. The van der Waals surface area contributed by atoms with Crippen LogP contribution in [-0.4, -0.2) is 24.4 Å². The van der Waals surface area contributed by atoms with Gasteiger partial charge in [0, 0.05) is 19.5 Å². The van der Waals surface area contributed by atoms with E-state index >= 15 is 0 Å². The molecule has 1 aliphatic carbocycles. The highest BCUT2D eigenvalue weighted by molar-refractivity contribution is 5.79. The third-order valence-electron chi connectivity index (χ3n) is 4.81. The Morgan fingerprint density at radius 1 is 1.29 bits per heavy atom. The molecule has 21 heavy (non-hydrogen) atoms. The van der Waals surface area contributed by atoms with E-state index in [4.69, 9.17) is 5.73 Å². The van der Waals surface area contributed by atoms with E-state index in [9.17, 15) is 4.79 Å². The second-order valence-electron chi connectivity index (χ2n) is 6.51. The van der Waals surface area contributed by atoms with Gasteiger partial charge in [0.25, 0.3) is 0 Å². The molecule has 0 saturated heterocycles. The molecule has 0 aliphatic heterocycles. The van der Waals surface area contributed by atoms with E-state index in [1.54, 1.807) is 0 Å². The van der Waals surface area contributed by atoms with Crippen LogP contribution in [0.15, 0.2) is 18.2 Å². The van der Waals surface area contributed by atoms with Gasteiger partial charge in [-0.2, -0.15) is 0 Å². The molecular weight excluding hydrogens is 260 g/mol. The lowest BCUT2D eigenvalue weighted by atomic mass is 9.78. The Balaban J connectivity index is 2.04. The van der Waals surface area contributed by atoms with Gasteiger partial charge < -0.3 is 10.6 Å². The summed E-state index contributed by atoms with van der Waals surface area (Å²) < 4.78 is 0. The van der Waals surface area contributed by atoms with Gasteiger partial charge in [0.2, 0.25) is 5.91 Å². The Kier molecular flexibility index (Phi) is 5.40. The van der Waals surface area contributed by atoms with Gasteiger partial charge in [0.1, 0.15) is 0 Å². The zero-order chi connectivity index (χ0) is 15.4. The van der Waals surface area contributed by atoms with Crippen LogP contribution >= 0.6 is 0 Å². The van der Waals surface area contributed by atoms with Gasteiger partial charge in [-0.1, -0.05) is 36.6 Å². The second-order valence-corrected chi connectivity index (χ2v) is 6.51. The zero-order valence-corrected chi connectivity index (χ0v) is 13.6. The van der Waals surface area contributed by atoms with Crippen LogP contribution in [0.5, 0.6) is 0 Å². The van der Waals surface area contributed by atoms with Gasteiger partial charge >= 0.3 is 0 Å². The first-order chi connectivity index (χ1) is 10.0. The summed E-state index contributed by atoms with van der Waals surface area (Å²) in [6, 6.07) is 6.43. The first-order valence-electron chi connectivity index (χ1n) is 8.04. The first kappa shape index (κ1) is 16.0. The minimum Gasteiger partial charge on any atom is -0.341 e. The summed E-state index contributed by atoms with van der Waals surface area (Å²) >= 11 is 0. The van der Waals surface area contributed by atoms with Crippen molar-refractivity contribution in [2.45, 2.75) is 46.1 Å². The van der Waals surface area contributed by atoms with Crippen LogP contribution in [0.4, 0.5) is 0 Å². The average molecular weight is 288 g/mol. The molecule has 1 fully saturated rings. The van der Waals surface area contributed by atoms with E-state index in [-0.39, 0.29) is 11.8 Å². The number of benzene rings is 1. The van der Waals surface area contributed by atoms with E-state index in [1.807, 2.05) is 11.9 Å². The zero-order valence-electron chi connectivity index (χ0n) is 13.6. The molecule has 2 unspecified atom stereocenters. The average Bonchev–Trinajstić information content (AvgIpc) is 2.49. The largest absolute Gasteiger partial charge is 0.341 e. The third-order valence-corrected chi connectivity index (χ3v) is 4.81. The lowest BCUT2D eigenvalue weighted by molar-refractivity contribution is -0.137. The lowest BCUT2D eigenvalue weighted by Crippen LogP contribution is -2.40. The molecule has 1 aliphatic rings. The van der Waals surface area contributed by atoms with Crippen LogP contribution < -0.4 is 5.73 Å². The summed E-state index contributed by atoms with van der Waals surface area (Å²) in [6.07, 6.45) is 4.47. The smallest absolute Gasteiger partial charge is 0.226 e. The number of nitrogens with two attached hydrogens (primary N) is 1. The number of carbonyl (C=O) groups excluding carboxylic acids is 1. The van der Waals surface area contributed by atoms with Crippen molar-refractivity contribution in [3.8, 4) is 0 Å². The van der Waals surface area contributed by atoms with Crippen molar-refractivity contribution >= 4 is 5.91 Å². The topological polar surface area (TPSA) is 46.3 Å². The van der Waals surface area contributed by atoms with E-state index in [2.05, 4.69) is 32.0 Å². The first-order valence-corrected chi connectivity index (χ1v) is 8.04. The van der Waals surface area contributed by atoms with Gasteiger partial charge in [-0.05, 0) is 50.3 Å². The highest BCUT2D eigenvalue weighted by Crippen LogP contribution is 2.31. The van der Waals surface area contributed by atoms with Crippen molar-refractivity contribution in [3.05, 3.63) is 34.9 Å². The molecule has 0 bridgehead atoms. The molecule has 2 rings (SSSR count). The minimum absolute atomic E-state index is 0.125. The van der Waals surface area contributed by atoms with Gasteiger partial charge in [-0.3, -0.25) is 4.79 Å². The van der Waals surface area contributed by atoms with E-state index in [1.165, 1.54) is 23.1 Å². The van der Waals surface area contributed by atoms with Crippen molar-refractivity contribution in [1.82, 2.24) is 4.90 Å². The number of nitrogens with zero attached hydrogens (tertiary/aromatic N) is 1. The molecule has 0 spiro atoms. The summed E-state index contributed by atoms with van der Waals surface area (Å²) in [4.78, 5) is 14.6. The fourth-order valence-corrected chi connectivity index (χ4v) is 3.45. The molecular formula is C18H28N2O. The van der Waals surface area contributed by atoms with Crippen molar-refractivity contribution < 1.29 is 4.79 Å². The standard InChI is InChI=1S/C18H28N2O/c1-13-8-9-16(14(2)10-13)12-20(3)18(21)17-7-5-4-6-15(17)11-19/h8-10,15,17H,4-7,11-12,19H2,1-3H3. The molecule has 1 aromatic carbocycles. The molecule has 1 amide bonds. The van der Waals surface area contributed by atoms with Crippen LogP contribution in [0.25, 0.3) is 0 Å². The number of amides is 1. The Bertz CT molecular complexity index is 498. The summed E-state index contributed by atoms with van der Waals surface area (Å²) in [5.41, 5.74) is 9.61. The van der Waals surface area contributed by atoms with Crippen molar-refractivity contribution in [2.24, 2.45) is 17.6 Å². The van der Waals surface area contributed by atoms with Gasteiger partial charge in [-0.25, -0.2) is 0 Å². The number of hydrogen-bond donors (Lipinski definition) is 1. The molecule has 1 aromatic rings. The van der Waals surface area contributed by atoms with Crippen LogP contribution in [0.3, 0.4) is 0 Å². The second kappa shape index (κ2) is 7.08. The van der Waals surface area contributed by atoms with Crippen LogP contribution in [0.1, 0.15) is 42.4 Å². The predicted molar refractivity (Wildman–Crippen MR) is 86.9 cm³/mol. The summed E-state index contributed by atoms with van der Waals surface area (Å²) in [6.45, 7) is 5.54. The molecule has 3 nitrogen and oxygen atoms in total. The molecule has 116 valence electrons. The van der Waals surface area contributed by atoms with Gasteiger partial charge in [-0.15, -0.1) is 0 Å². The van der Waals surface area contributed by atoms with Gasteiger partial charge in [0.05, 0.1) is 0 Å². The lowest BCUT2D eigenvalue weighted by Gasteiger charge is -2.33. The van der Waals surface area contributed by atoms with Crippen molar-refractivity contribution in [2.75, 3.05) is 13.6 Å². The SMILES string of the molecule is Cc1ccc(CN(C)C(=O)C2CCCCC2CN)c(C)c1. The Labute approximate surface area is 128 Å². The van der Waals surface area contributed by atoms with Crippen LogP contribution in [0, 0.1) is 25.7 Å². The summed E-state index contributed by atoms with van der Waals surface area (Å²) in [7, 11) is 1.92. The highest BCUT2D eigenvalue weighted by atomic mass is 16.2. The summed E-state index contributed by atoms with van der Waals surface area (Å²) in [5, 5.41) is 0. The normalized spacial score (nSPS) is 22.1. The number of aryl methyl sites for hydroxylation is 2. The predicted octanol–water partition coefficient (Wildman–Crippen LogP) is 3.03. The fourth-order valence-electron chi connectivity index (χ4n) is 3.45. The Morgan fingerprint density at radius 2 is 2.00 bits per heavy atom. The minimum atomic E-state index is 0.125. The molecule has 0 aromatic heterocycles. The maximum absolute atomic E-state index is 12.7.